The first kappa shape index (κ1) is 13.1. The Labute approximate surface area is 111 Å². The molecule has 1 heterocycles. The highest BCUT2D eigenvalue weighted by Gasteiger charge is 2.23. The molecule has 0 unspecified atom stereocenters. The van der Waals surface area contributed by atoms with E-state index in [1.54, 1.807) is 4.31 Å². The molecule has 0 radical (unpaired) electrons. The first-order chi connectivity index (χ1) is 8.08. The van der Waals surface area contributed by atoms with Crippen molar-refractivity contribution in [2.24, 2.45) is 0 Å². The van der Waals surface area contributed by atoms with Gasteiger partial charge < -0.3 is 0 Å². The lowest BCUT2D eigenvalue weighted by molar-refractivity contribution is 0.346. The van der Waals surface area contributed by atoms with Crippen LogP contribution in [0.1, 0.15) is 24.8 Å². The van der Waals surface area contributed by atoms with E-state index in [-0.39, 0.29) is 5.75 Å². The Morgan fingerprint density at radius 2 is 1.65 bits per heavy atom. The van der Waals surface area contributed by atoms with E-state index in [0.29, 0.717) is 13.1 Å². The van der Waals surface area contributed by atoms with Gasteiger partial charge in [-0.25, -0.2) is 12.7 Å². The van der Waals surface area contributed by atoms with Crippen molar-refractivity contribution in [1.29, 1.82) is 0 Å². The molecule has 0 saturated carbocycles. The number of hydrogen-bond acceptors (Lipinski definition) is 2. The van der Waals surface area contributed by atoms with Crippen LogP contribution < -0.4 is 0 Å². The highest BCUT2D eigenvalue weighted by molar-refractivity contribution is 9.10. The van der Waals surface area contributed by atoms with Crippen LogP contribution in [0, 0.1) is 0 Å². The predicted molar refractivity (Wildman–Crippen MR) is 72.2 cm³/mol. The fourth-order valence-corrected chi connectivity index (χ4v) is 3.90. The molecule has 1 saturated heterocycles. The number of piperidine rings is 1. The Balaban J connectivity index is 2.08. The van der Waals surface area contributed by atoms with E-state index in [1.165, 1.54) is 0 Å². The monoisotopic (exact) mass is 317 g/mol. The summed E-state index contributed by atoms with van der Waals surface area (Å²) in [6.45, 7) is 1.36. The van der Waals surface area contributed by atoms with Gasteiger partial charge in [-0.3, -0.25) is 0 Å². The molecule has 1 fully saturated rings. The molecule has 17 heavy (non-hydrogen) atoms. The molecule has 3 nitrogen and oxygen atoms in total. The maximum absolute atomic E-state index is 12.2. The van der Waals surface area contributed by atoms with Crippen LogP contribution in [0.5, 0.6) is 0 Å². The van der Waals surface area contributed by atoms with E-state index in [9.17, 15) is 8.42 Å². The quantitative estimate of drug-likeness (QED) is 0.859. The van der Waals surface area contributed by atoms with Gasteiger partial charge in [0.15, 0.2) is 0 Å². The van der Waals surface area contributed by atoms with Gasteiger partial charge in [0.25, 0.3) is 0 Å². The van der Waals surface area contributed by atoms with Crippen LogP contribution in [0.4, 0.5) is 0 Å². The topological polar surface area (TPSA) is 37.4 Å². The fraction of sp³-hybridized carbons (Fsp3) is 0.500. The van der Waals surface area contributed by atoms with Crippen molar-refractivity contribution in [3.05, 3.63) is 34.3 Å². The molecule has 1 aromatic carbocycles. The van der Waals surface area contributed by atoms with E-state index in [2.05, 4.69) is 15.9 Å². The van der Waals surface area contributed by atoms with Crippen molar-refractivity contribution >= 4 is 26.0 Å². The molecule has 94 valence electrons. The smallest absolute Gasteiger partial charge is 0.212 e. The molecule has 1 aromatic rings. The van der Waals surface area contributed by atoms with E-state index < -0.39 is 10.0 Å². The van der Waals surface area contributed by atoms with Crippen molar-refractivity contribution in [2.45, 2.75) is 25.0 Å². The van der Waals surface area contributed by atoms with Crippen LogP contribution in [-0.2, 0) is 15.8 Å². The van der Waals surface area contributed by atoms with E-state index in [1.807, 2.05) is 24.3 Å². The second-order valence-corrected chi connectivity index (χ2v) is 7.23. The molecule has 0 amide bonds. The largest absolute Gasteiger partial charge is 0.218 e. The summed E-state index contributed by atoms with van der Waals surface area (Å²) in [7, 11) is -3.13. The lowest BCUT2D eigenvalue weighted by Gasteiger charge is -2.25. The van der Waals surface area contributed by atoms with Crippen molar-refractivity contribution in [2.75, 3.05) is 13.1 Å². The number of rotatable bonds is 3. The van der Waals surface area contributed by atoms with Gasteiger partial charge in [-0.1, -0.05) is 34.5 Å². The number of benzene rings is 1. The summed E-state index contributed by atoms with van der Waals surface area (Å²) < 4.78 is 26.9. The highest BCUT2D eigenvalue weighted by atomic mass is 79.9. The first-order valence-electron chi connectivity index (χ1n) is 5.80. The Morgan fingerprint density at radius 1 is 1.06 bits per heavy atom. The predicted octanol–water partition coefficient (Wildman–Crippen LogP) is 2.76. The van der Waals surface area contributed by atoms with Crippen LogP contribution >= 0.6 is 15.9 Å². The zero-order valence-electron chi connectivity index (χ0n) is 9.60. The maximum atomic E-state index is 12.2. The average Bonchev–Trinajstić information content (AvgIpc) is 2.33. The van der Waals surface area contributed by atoms with E-state index >= 15 is 0 Å². The zero-order chi connectivity index (χ0) is 12.3. The third kappa shape index (κ3) is 3.53. The Bertz CT molecular complexity index is 464. The molecule has 0 atom stereocenters. The molecule has 0 bridgehead atoms. The number of hydrogen-bond donors (Lipinski definition) is 0. The molecule has 0 aliphatic carbocycles. The van der Waals surface area contributed by atoms with Gasteiger partial charge in [0.1, 0.15) is 0 Å². The van der Waals surface area contributed by atoms with Crippen molar-refractivity contribution in [3.63, 3.8) is 0 Å². The lowest BCUT2D eigenvalue weighted by atomic mass is 10.2. The summed E-state index contributed by atoms with van der Waals surface area (Å²) in [6.07, 6.45) is 3.11. The Morgan fingerprint density at radius 3 is 2.24 bits per heavy atom. The average molecular weight is 318 g/mol. The van der Waals surface area contributed by atoms with Gasteiger partial charge in [-0.2, -0.15) is 0 Å². The Kier molecular flexibility index (Phi) is 4.22. The molecular weight excluding hydrogens is 302 g/mol. The van der Waals surface area contributed by atoms with Gasteiger partial charge in [0, 0.05) is 17.6 Å². The SMILES string of the molecule is O=S(=O)(Cc1ccc(Br)cc1)N1CCCCC1. The summed E-state index contributed by atoms with van der Waals surface area (Å²) in [6, 6.07) is 7.46. The van der Waals surface area contributed by atoms with Gasteiger partial charge in [0.2, 0.25) is 10.0 Å². The summed E-state index contributed by atoms with van der Waals surface area (Å²) in [4.78, 5) is 0. The van der Waals surface area contributed by atoms with Crippen LogP contribution in [-0.4, -0.2) is 25.8 Å². The number of nitrogens with zero attached hydrogens (tertiary/aromatic N) is 1. The summed E-state index contributed by atoms with van der Waals surface area (Å²) in [5.41, 5.74) is 0.846. The normalized spacial score (nSPS) is 18.2. The fourth-order valence-electron chi connectivity index (χ4n) is 2.03. The van der Waals surface area contributed by atoms with Crippen LogP contribution in [0.15, 0.2) is 28.7 Å². The van der Waals surface area contributed by atoms with Gasteiger partial charge in [-0.15, -0.1) is 0 Å². The van der Waals surface area contributed by atoms with Crippen molar-refractivity contribution < 1.29 is 8.42 Å². The first-order valence-corrected chi connectivity index (χ1v) is 8.20. The van der Waals surface area contributed by atoms with E-state index in [4.69, 9.17) is 0 Å². The summed E-state index contributed by atoms with van der Waals surface area (Å²) in [5, 5.41) is 0. The van der Waals surface area contributed by atoms with Crippen LogP contribution in [0.3, 0.4) is 0 Å². The highest BCUT2D eigenvalue weighted by Crippen LogP contribution is 2.18. The summed E-state index contributed by atoms with van der Waals surface area (Å²) >= 11 is 3.34. The minimum absolute atomic E-state index is 0.111. The summed E-state index contributed by atoms with van der Waals surface area (Å²) in [5.74, 6) is 0.111. The third-order valence-electron chi connectivity index (χ3n) is 2.97. The van der Waals surface area contributed by atoms with Crippen molar-refractivity contribution in [1.82, 2.24) is 4.31 Å². The second kappa shape index (κ2) is 5.50. The zero-order valence-corrected chi connectivity index (χ0v) is 12.0. The van der Waals surface area contributed by atoms with Crippen LogP contribution in [0.2, 0.25) is 0 Å². The standard InChI is InChI=1S/C12H16BrNO2S/c13-12-6-4-11(5-7-12)10-17(15,16)14-8-2-1-3-9-14/h4-7H,1-3,8-10H2. The van der Waals surface area contributed by atoms with E-state index in [0.717, 1.165) is 29.3 Å². The second-order valence-electron chi connectivity index (χ2n) is 4.34. The molecule has 1 aliphatic rings. The molecule has 0 N–H and O–H groups in total. The minimum Gasteiger partial charge on any atom is -0.212 e. The Hall–Kier alpha value is -0.390. The van der Waals surface area contributed by atoms with Gasteiger partial charge >= 0.3 is 0 Å². The third-order valence-corrected chi connectivity index (χ3v) is 5.35. The van der Waals surface area contributed by atoms with Crippen molar-refractivity contribution in [3.8, 4) is 0 Å². The minimum atomic E-state index is -3.13. The van der Waals surface area contributed by atoms with Gasteiger partial charge in [-0.05, 0) is 30.5 Å². The molecule has 0 aromatic heterocycles. The molecule has 5 heteroatoms. The number of halogens is 1. The number of sulfonamides is 1. The van der Waals surface area contributed by atoms with Gasteiger partial charge in [0.05, 0.1) is 5.75 Å². The molecular formula is C12H16BrNO2S. The molecule has 1 aliphatic heterocycles. The lowest BCUT2D eigenvalue weighted by Crippen LogP contribution is -2.36. The van der Waals surface area contributed by atoms with Crippen LogP contribution in [0.25, 0.3) is 0 Å². The molecule has 2 rings (SSSR count). The molecule has 0 spiro atoms. The maximum Gasteiger partial charge on any atom is 0.218 e.